The lowest BCUT2D eigenvalue weighted by molar-refractivity contribution is 0.585. The van der Waals surface area contributed by atoms with Crippen molar-refractivity contribution in [3.05, 3.63) is 104 Å². The smallest absolute Gasteiger partial charge is 0.150 e. The number of nitrogens with zero attached hydrogens (tertiary/aromatic N) is 1. The quantitative estimate of drug-likeness (QED) is 0.253. The molecule has 0 fully saturated rings. The van der Waals surface area contributed by atoms with Crippen molar-refractivity contribution in [3.63, 3.8) is 0 Å². The normalized spacial score (nSPS) is 10.6. The Morgan fingerprint density at radius 3 is 1.59 bits per heavy atom. The molecule has 3 aromatic carbocycles. The van der Waals surface area contributed by atoms with Gasteiger partial charge in [0.2, 0.25) is 0 Å². The molecule has 1 nitrogen and oxygen atoms in total. The molecular weight excluding hydrogens is 404 g/mol. The third-order valence-corrected chi connectivity index (χ3v) is 6.20. The monoisotopic (exact) mass is 425 g/mol. The first kappa shape index (κ1) is 21.2. The summed E-state index contributed by atoms with van der Waals surface area (Å²) >= 11 is 3.15. The Morgan fingerprint density at radius 2 is 1.14 bits per heavy atom. The molecule has 0 aliphatic carbocycles. The fourth-order valence-corrected chi connectivity index (χ4v) is 4.46. The average molecular weight is 426 g/mol. The molecule has 148 valence electrons. The Balaban J connectivity index is 2.26. The first-order chi connectivity index (χ1) is 14.2. The molecule has 5 heteroatoms. The van der Waals surface area contributed by atoms with Gasteiger partial charge in [-0.15, -0.1) is 36.7 Å². The SMILES string of the molecule is C=CCSc1ccccc1N(c1ccccc1SCC=C)c1c(F)cccc1F. The highest BCUT2D eigenvalue weighted by molar-refractivity contribution is 7.99. The molecule has 0 bridgehead atoms. The van der Waals surface area contributed by atoms with Crippen molar-refractivity contribution in [1.29, 1.82) is 0 Å². The van der Waals surface area contributed by atoms with Crippen LogP contribution >= 0.6 is 23.5 Å². The van der Waals surface area contributed by atoms with Gasteiger partial charge >= 0.3 is 0 Å². The summed E-state index contributed by atoms with van der Waals surface area (Å²) in [5.41, 5.74) is 1.34. The maximum absolute atomic E-state index is 14.9. The van der Waals surface area contributed by atoms with E-state index in [1.807, 2.05) is 60.7 Å². The molecule has 0 aliphatic rings. The highest BCUT2D eigenvalue weighted by Crippen LogP contribution is 2.45. The van der Waals surface area contributed by atoms with Gasteiger partial charge in [0.05, 0.1) is 11.4 Å². The Labute approximate surface area is 179 Å². The maximum Gasteiger partial charge on any atom is 0.150 e. The van der Waals surface area contributed by atoms with Crippen LogP contribution in [0.4, 0.5) is 25.8 Å². The molecular formula is C24H21F2NS2. The van der Waals surface area contributed by atoms with Crippen LogP contribution in [-0.4, -0.2) is 11.5 Å². The van der Waals surface area contributed by atoms with Crippen LogP contribution in [0.15, 0.2) is 102 Å². The predicted octanol–water partition coefficient (Wildman–Crippen LogP) is 7.99. The van der Waals surface area contributed by atoms with E-state index in [0.717, 1.165) is 21.2 Å². The molecule has 0 saturated carbocycles. The second kappa shape index (κ2) is 10.3. The first-order valence-corrected chi connectivity index (χ1v) is 11.0. The molecule has 0 atom stereocenters. The molecule has 0 spiro atoms. The zero-order chi connectivity index (χ0) is 20.6. The lowest BCUT2D eigenvalue weighted by Gasteiger charge is -2.29. The molecule has 0 saturated heterocycles. The molecule has 0 heterocycles. The van der Waals surface area contributed by atoms with Crippen LogP contribution in [0.3, 0.4) is 0 Å². The number of hydrogen-bond acceptors (Lipinski definition) is 3. The molecule has 0 aliphatic heterocycles. The van der Waals surface area contributed by atoms with E-state index in [-0.39, 0.29) is 5.69 Å². The third kappa shape index (κ3) is 4.92. The van der Waals surface area contributed by atoms with Gasteiger partial charge in [-0.1, -0.05) is 42.5 Å². The van der Waals surface area contributed by atoms with E-state index >= 15 is 0 Å². The van der Waals surface area contributed by atoms with E-state index in [2.05, 4.69) is 13.2 Å². The van der Waals surface area contributed by atoms with Crippen molar-refractivity contribution in [2.24, 2.45) is 0 Å². The summed E-state index contributed by atoms with van der Waals surface area (Å²) in [4.78, 5) is 3.50. The van der Waals surface area contributed by atoms with Gasteiger partial charge in [0.25, 0.3) is 0 Å². The van der Waals surface area contributed by atoms with E-state index in [9.17, 15) is 8.78 Å². The Bertz CT molecular complexity index is 928. The molecule has 0 N–H and O–H groups in total. The van der Waals surface area contributed by atoms with Crippen LogP contribution in [0.2, 0.25) is 0 Å². The molecule has 29 heavy (non-hydrogen) atoms. The number of rotatable bonds is 9. The van der Waals surface area contributed by atoms with Crippen molar-refractivity contribution in [2.45, 2.75) is 9.79 Å². The summed E-state index contributed by atoms with van der Waals surface area (Å²) in [6.07, 6.45) is 3.62. The number of halogens is 2. The van der Waals surface area contributed by atoms with Crippen molar-refractivity contribution < 1.29 is 8.78 Å². The number of hydrogen-bond donors (Lipinski definition) is 0. The van der Waals surface area contributed by atoms with Gasteiger partial charge in [0.15, 0.2) is 0 Å². The molecule has 0 aromatic heterocycles. The predicted molar refractivity (Wildman–Crippen MR) is 123 cm³/mol. The molecule has 0 unspecified atom stereocenters. The van der Waals surface area contributed by atoms with Crippen molar-refractivity contribution in [2.75, 3.05) is 16.4 Å². The van der Waals surface area contributed by atoms with Crippen LogP contribution in [0.5, 0.6) is 0 Å². The minimum absolute atomic E-state index is 0.0918. The van der Waals surface area contributed by atoms with Gasteiger partial charge in [-0.3, -0.25) is 0 Å². The van der Waals surface area contributed by atoms with Gasteiger partial charge in [-0.05, 0) is 36.4 Å². The fraction of sp³-hybridized carbons (Fsp3) is 0.0833. The summed E-state index contributed by atoms with van der Waals surface area (Å²) in [7, 11) is 0. The standard InChI is InChI=1S/C24H21F2NS2/c1-3-16-28-22-14-7-5-12-20(22)27(24-18(25)10-9-11-19(24)26)21-13-6-8-15-23(21)29-17-4-2/h3-15H,1-2,16-17H2. The summed E-state index contributed by atoms with van der Waals surface area (Å²) in [6, 6.07) is 19.2. The second-order valence-electron chi connectivity index (χ2n) is 6.04. The molecule has 3 rings (SSSR count). The average Bonchev–Trinajstić information content (AvgIpc) is 2.74. The van der Waals surface area contributed by atoms with E-state index in [0.29, 0.717) is 11.5 Å². The number of anilines is 3. The van der Waals surface area contributed by atoms with Gasteiger partial charge in [0.1, 0.15) is 17.3 Å². The van der Waals surface area contributed by atoms with Crippen LogP contribution in [0.1, 0.15) is 0 Å². The van der Waals surface area contributed by atoms with Gasteiger partial charge in [0, 0.05) is 21.3 Å². The summed E-state index contributed by atoms with van der Waals surface area (Å²) in [6.45, 7) is 7.55. The molecule has 0 amide bonds. The summed E-state index contributed by atoms with van der Waals surface area (Å²) in [5, 5.41) is 0. The highest BCUT2D eigenvalue weighted by atomic mass is 32.2. The Morgan fingerprint density at radius 1 is 0.690 bits per heavy atom. The largest absolute Gasteiger partial charge is 0.303 e. The second-order valence-corrected chi connectivity index (χ2v) is 8.16. The number of thioether (sulfide) groups is 2. The van der Waals surface area contributed by atoms with Crippen molar-refractivity contribution >= 4 is 40.6 Å². The lowest BCUT2D eigenvalue weighted by Crippen LogP contribution is -2.15. The van der Waals surface area contributed by atoms with Crippen LogP contribution in [0.25, 0.3) is 0 Å². The Hall–Kier alpha value is -2.50. The van der Waals surface area contributed by atoms with Crippen molar-refractivity contribution in [3.8, 4) is 0 Å². The van der Waals surface area contributed by atoms with E-state index < -0.39 is 11.6 Å². The minimum atomic E-state index is -0.614. The third-order valence-electron chi connectivity index (χ3n) is 4.09. The topological polar surface area (TPSA) is 3.24 Å². The van der Waals surface area contributed by atoms with E-state index in [4.69, 9.17) is 0 Å². The Kier molecular flexibility index (Phi) is 7.55. The van der Waals surface area contributed by atoms with E-state index in [1.54, 1.807) is 28.4 Å². The summed E-state index contributed by atoms with van der Waals surface area (Å²) in [5.74, 6) is 0.156. The van der Waals surface area contributed by atoms with Gasteiger partial charge < -0.3 is 4.90 Å². The first-order valence-electron chi connectivity index (χ1n) is 9.07. The van der Waals surface area contributed by atoms with Gasteiger partial charge in [-0.2, -0.15) is 0 Å². The highest BCUT2D eigenvalue weighted by Gasteiger charge is 2.24. The molecule has 3 aromatic rings. The fourth-order valence-electron chi connectivity index (χ4n) is 2.90. The van der Waals surface area contributed by atoms with Crippen LogP contribution < -0.4 is 4.90 Å². The zero-order valence-electron chi connectivity index (χ0n) is 15.9. The van der Waals surface area contributed by atoms with Crippen LogP contribution in [-0.2, 0) is 0 Å². The number of para-hydroxylation sites is 3. The van der Waals surface area contributed by atoms with E-state index in [1.165, 1.54) is 18.2 Å². The van der Waals surface area contributed by atoms with Crippen LogP contribution in [0, 0.1) is 11.6 Å². The van der Waals surface area contributed by atoms with Crippen molar-refractivity contribution in [1.82, 2.24) is 0 Å². The number of benzene rings is 3. The minimum Gasteiger partial charge on any atom is -0.303 e. The summed E-state index contributed by atoms with van der Waals surface area (Å²) < 4.78 is 29.8. The maximum atomic E-state index is 14.9. The van der Waals surface area contributed by atoms with Gasteiger partial charge in [-0.25, -0.2) is 8.78 Å². The lowest BCUT2D eigenvalue weighted by atomic mass is 10.1. The zero-order valence-corrected chi connectivity index (χ0v) is 17.5. The molecule has 0 radical (unpaired) electrons.